The normalized spacial score (nSPS) is 20.7. The number of hydrogen-bond donors (Lipinski definition) is 1. The number of nitrogens with zero attached hydrogens (tertiary/aromatic N) is 1. The van der Waals surface area contributed by atoms with Crippen molar-refractivity contribution in [3.05, 3.63) is 0 Å². The summed E-state index contributed by atoms with van der Waals surface area (Å²) in [6.07, 6.45) is 0.345. The molecule has 6 heteroatoms. The van der Waals surface area contributed by atoms with Crippen LogP contribution in [0.25, 0.3) is 0 Å². The molecule has 1 aliphatic heterocycles. The second kappa shape index (κ2) is 8.13. The van der Waals surface area contributed by atoms with Gasteiger partial charge in [0, 0.05) is 26.2 Å². The van der Waals surface area contributed by atoms with Crippen molar-refractivity contribution in [2.45, 2.75) is 65.5 Å². The molecule has 0 aromatic heterocycles. The second-order valence-corrected chi connectivity index (χ2v) is 7.61. The lowest BCUT2D eigenvalue weighted by Gasteiger charge is -2.36. The van der Waals surface area contributed by atoms with Gasteiger partial charge >= 0.3 is 6.09 Å². The number of nitrogens with one attached hydrogen (secondary N) is 1. The number of ether oxygens (including phenoxy) is 3. The highest BCUT2D eigenvalue weighted by Gasteiger charge is 2.25. The maximum Gasteiger partial charge on any atom is 0.407 e. The molecule has 1 saturated heterocycles. The number of hydrogen-bond acceptors (Lipinski definition) is 5. The summed E-state index contributed by atoms with van der Waals surface area (Å²) in [5, 5.41) is 2.78. The maximum atomic E-state index is 11.5. The van der Waals surface area contributed by atoms with E-state index in [1.807, 2.05) is 41.5 Å². The van der Waals surface area contributed by atoms with Crippen molar-refractivity contribution >= 4 is 6.09 Å². The van der Waals surface area contributed by atoms with Crippen LogP contribution in [0.2, 0.25) is 0 Å². The molecule has 1 aliphatic rings. The molecule has 6 nitrogen and oxygen atoms in total. The highest BCUT2D eigenvalue weighted by Crippen LogP contribution is 2.15. The van der Waals surface area contributed by atoms with Gasteiger partial charge in [0.2, 0.25) is 0 Å². The van der Waals surface area contributed by atoms with Crippen molar-refractivity contribution in [3.8, 4) is 0 Å². The minimum Gasteiger partial charge on any atom is -0.444 e. The molecule has 22 heavy (non-hydrogen) atoms. The summed E-state index contributed by atoms with van der Waals surface area (Å²) >= 11 is 0. The van der Waals surface area contributed by atoms with Gasteiger partial charge in [0.1, 0.15) is 5.60 Å². The summed E-state index contributed by atoms with van der Waals surface area (Å²) in [7, 11) is 0. The molecule has 130 valence electrons. The smallest absolute Gasteiger partial charge is 0.407 e. The molecular weight excluding hydrogens is 284 g/mol. The van der Waals surface area contributed by atoms with Crippen molar-refractivity contribution in [2.75, 3.05) is 32.8 Å². The van der Waals surface area contributed by atoms with Gasteiger partial charge in [0.15, 0.2) is 6.29 Å². The number of morpholine rings is 1. The van der Waals surface area contributed by atoms with E-state index in [0.717, 1.165) is 26.1 Å². The Morgan fingerprint density at radius 2 is 1.91 bits per heavy atom. The van der Waals surface area contributed by atoms with Crippen LogP contribution in [0.5, 0.6) is 0 Å². The standard InChI is InChI=1S/C16H32N2O4/c1-15(2,3)21-13-12-18(10-11-20-13)9-7-8-17-14(19)22-16(4,5)6/h13H,7-12H2,1-6H3,(H,17,19)/t13-/m1/s1. The molecule has 0 radical (unpaired) electrons. The Balaban J connectivity index is 2.18. The van der Waals surface area contributed by atoms with Gasteiger partial charge in [0.25, 0.3) is 0 Å². The molecule has 1 heterocycles. The summed E-state index contributed by atoms with van der Waals surface area (Å²) in [6, 6.07) is 0. The van der Waals surface area contributed by atoms with Crippen molar-refractivity contribution in [1.82, 2.24) is 10.2 Å². The maximum absolute atomic E-state index is 11.5. The molecule has 0 unspecified atom stereocenters. The van der Waals surface area contributed by atoms with Crippen LogP contribution in [0.15, 0.2) is 0 Å². The van der Waals surface area contributed by atoms with Gasteiger partial charge in [0.05, 0.1) is 12.2 Å². The van der Waals surface area contributed by atoms with Crippen LogP contribution in [0.3, 0.4) is 0 Å². The molecular formula is C16H32N2O4. The zero-order valence-electron chi connectivity index (χ0n) is 14.9. The molecule has 1 rings (SSSR count). The van der Waals surface area contributed by atoms with E-state index in [-0.39, 0.29) is 18.0 Å². The molecule has 1 atom stereocenters. The molecule has 0 aromatic rings. The number of alkyl carbamates (subject to hydrolysis) is 1. The third-order valence-corrected chi connectivity index (χ3v) is 2.92. The fraction of sp³-hybridized carbons (Fsp3) is 0.938. The van der Waals surface area contributed by atoms with E-state index in [1.54, 1.807) is 0 Å². The monoisotopic (exact) mass is 316 g/mol. The third kappa shape index (κ3) is 9.23. The van der Waals surface area contributed by atoms with Crippen LogP contribution >= 0.6 is 0 Å². The zero-order valence-corrected chi connectivity index (χ0v) is 14.9. The Labute approximate surface area is 134 Å². The summed E-state index contributed by atoms with van der Waals surface area (Å²) in [5.41, 5.74) is -0.655. The Morgan fingerprint density at radius 1 is 1.23 bits per heavy atom. The molecule has 0 spiro atoms. The highest BCUT2D eigenvalue weighted by atomic mass is 16.7. The first kappa shape index (κ1) is 19.2. The van der Waals surface area contributed by atoms with Gasteiger partial charge in [-0.1, -0.05) is 0 Å². The molecule has 1 amide bonds. The topological polar surface area (TPSA) is 60.0 Å². The number of rotatable bonds is 5. The van der Waals surface area contributed by atoms with Crippen LogP contribution in [0.1, 0.15) is 48.0 Å². The average Bonchev–Trinajstić information content (AvgIpc) is 2.31. The summed E-state index contributed by atoms with van der Waals surface area (Å²) < 4.78 is 16.7. The van der Waals surface area contributed by atoms with Crippen LogP contribution in [0, 0.1) is 0 Å². The number of carbonyl (C=O) groups is 1. The molecule has 0 aromatic carbocycles. The van der Waals surface area contributed by atoms with E-state index in [2.05, 4.69) is 10.2 Å². The zero-order chi connectivity index (χ0) is 16.8. The van der Waals surface area contributed by atoms with E-state index in [4.69, 9.17) is 14.2 Å². The van der Waals surface area contributed by atoms with Crippen molar-refractivity contribution in [1.29, 1.82) is 0 Å². The van der Waals surface area contributed by atoms with Gasteiger partial charge in [-0.05, 0) is 48.0 Å². The Hall–Kier alpha value is -0.850. The Morgan fingerprint density at radius 3 is 2.50 bits per heavy atom. The van der Waals surface area contributed by atoms with Gasteiger partial charge in [-0.25, -0.2) is 4.79 Å². The second-order valence-electron chi connectivity index (χ2n) is 7.61. The van der Waals surface area contributed by atoms with Crippen molar-refractivity contribution in [3.63, 3.8) is 0 Å². The van der Waals surface area contributed by atoms with Crippen LogP contribution < -0.4 is 5.32 Å². The fourth-order valence-electron chi connectivity index (χ4n) is 2.14. The molecule has 1 fully saturated rings. The first-order valence-electron chi connectivity index (χ1n) is 8.04. The minimum absolute atomic E-state index is 0.174. The van der Waals surface area contributed by atoms with Crippen LogP contribution in [-0.2, 0) is 14.2 Å². The number of carbonyl (C=O) groups excluding carboxylic acids is 1. The average molecular weight is 316 g/mol. The predicted molar refractivity (Wildman–Crippen MR) is 85.9 cm³/mol. The first-order valence-corrected chi connectivity index (χ1v) is 8.04. The third-order valence-electron chi connectivity index (χ3n) is 2.92. The molecule has 0 aliphatic carbocycles. The molecule has 0 saturated carbocycles. The minimum atomic E-state index is -0.453. The largest absolute Gasteiger partial charge is 0.444 e. The number of amides is 1. The van der Waals surface area contributed by atoms with Gasteiger partial charge in [-0.3, -0.25) is 4.90 Å². The molecule has 1 N–H and O–H groups in total. The van der Waals surface area contributed by atoms with Gasteiger partial charge < -0.3 is 19.5 Å². The van der Waals surface area contributed by atoms with Crippen molar-refractivity contribution < 1.29 is 19.0 Å². The van der Waals surface area contributed by atoms with Crippen LogP contribution in [0.4, 0.5) is 4.79 Å². The van der Waals surface area contributed by atoms with Crippen LogP contribution in [-0.4, -0.2) is 61.3 Å². The highest BCUT2D eigenvalue weighted by molar-refractivity contribution is 5.67. The summed E-state index contributed by atoms with van der Waals surface area (Å²) in [6.45, 7) is 15.5. The van der Waals surface area contributed by atoms with Crippen molar-refractivity contribution in [2.24, 2.45) is 0 Å². The Kier molecular flexibility index (Phi) is 7.09. The lowest BCUT2D eigenvalue weighted by atomic mass is 10.2. The lowest BCUT2D eigenvalue weighted by Crippen LogP contribution is -2.46. The van der Waals surface area contributed by atoms with E-state index in [0.29, 0.717) is 13.2 Å². The van der Waals surface area contributed by atoms with Gasteiger partial charge in [-0.15, -0.1) is 0 Å². The summed E-state index contributed by atoms with van der Waals surface area (Å²) in [4.78, 5) is 13.8. The van der Waals surface area contributed by atoms with E-state index < -0.39 is 5.60 Å². The van der Waals surface area contributed by atoms with E-state index >= 15 is 0 Å². The Bertz CT molecular complexity index is 347. The van der Waals surface area contributed by atoms with Gasteiger partial charge in [-0.2, -0.15) is 0 Å². The first-order chi connectivity index (χ1) is 10.1. The SMILES string of the molecule is CC(C)(C)OC(=O)NCCCN1CCO[C@H](OC(C)(C)C)C1. The predicted octanol–water partition coefficient (Wildman–Crippen LogP) is 2.37. The lowest BCUT2D eigenvalue weighted by molar-refractivity contribution is -0.221. The summed E-state index contributed by atoms with van der Waals surface area (Å²) in [5.74, 6) is 0. The van der Waals surface area contributed by atoms with E-state index in [1.165, 1.54) is 0 Å². The molecule has 0 bridgehead atoms. The quantitative estimate of drug-likeness (QED) is 0.789. The van der Waals surface area contributed by atoms with E-state index in [9.17, 15) is 4.79 Å². The fourth-order valence-corrected chi connectivity index (χ4v) is 2.14.